The minimum absolute atomic E-state index is 0.0434. The Labute approximate surface area is 193 Å². The molecule has 1 amide bonds. The third kappa shape index (κ3) is 4.78. The van der Waals surface area contributed by atoms with Crippen LogP contribution in [0.15, 0.2) is 40.6 Å². The van der Waals surface area contributed by atoms with Crippen LogP contribution in [-0.4, -0.2) is 43.8 Å². The monoisotopic (exact) mass is 497 g/mol. The lowest BCUT2D eigenvalue weighted by molar-refractivity contribution is 0.102. The van der Waals surface area contributed by atoms with E-state index in [0.29, 0.717) is 28.1 Å². The SMILES string of the molecule is COc1ccc(NC(=O)c2csc(-c3ccc(Cl)s3)n2)cc1S(=O)(=O)N1CCCCC1. The first-order valence-electron chi connectivity index (χ1n) is 9.59. The summed E-state index contributed by atoms with van der Waals surface area (Å²) >= 11 is 8.71. The van der Waals surface area contributed by atoms with Gasteiger partial charge < -0.3 is 10.1 Å². The van der Waals surface area contributed by atoms with Crippen LogP contribution in [0.4, 0.5) is 5.69 Å². The van der Waals surface area contributed by atoms with Crippen LogP contribution in [0.5, 0.6) is 5.75 Å². The average Bonchev–Trinajstić information content (AvgIpc) is 3.43. The molecule has 0 bridgehead atoms. The van der Waals surface area contributed by atoms with Gasteiger partial charge in [0.25, 0.3) is 5.91 Å². The molecule has 1 aliphatic heterocycles. The van der Waals surface area contributed by atoms with Gasteiger partial charge in [0.15, 0.2) is 0 Å². The second-order valence-electron chi connectivity index (χ2n) is 6.93. The summed E-state index contributed by atoms with van der Waals surface area (Å²) in [5.41, 5.74) is 0.607. The van der Waals surface area contributed by atoms with Gasteiger partial charge in [0.1, 0.15) is 21.3 Å². The van der Waals surface area contributed by atoms with Crippen LogP contribution in [0.25, 0.3) is 9.88 Å². The van der Waals surface area contributed by atoms with Crippen molar-refractivity contribution in [2.45, 2.75) is 24.2 Å². The van der Waals surface area contributed by atoms with E-state index in [1.807, 2.05) is 6.07 Å². The molecule has 1 aliphatic rings. The Hall–Kier alpha value is -1.98. The van der Waals surface area contributed by atoms with Crippen molar-refractivity contribution in [1.82, 2.24) is 9.29 Å². The Kier molecular flexibility index (Phi) is 6.63. The molecule has 7 nitrogen and oxygen atoms in total. The second kappa shape index (κ2) is 9.25. The van der Waals surface area contributed by atoms with E-state index in [1.165, 1.54) is 40.2 Å². The molecular weight excluding hydrogens is 478 g/mol. The van der Waals surface area contributed by atoms with E-state index in [4.69, 9.17) is 16.3 Å². The Bertz CT molecular complexity index is 1200. The topological polar surface area (TPSA) is 88.6 Å². The molecule has 0 saturated carbocycles. The quantitative estimate of drug-likeness (QED) is 0.520. The Morgan fingerprint density at radius 3 is 2.65 bits per heavy atom. The van der Waals surface area contributed by atoms with Crippen molar-refractivity contribution < 1.29 is 17.9 Å². The molecule has 11 heteroatoms. The maximum atomic E-state index is 13.2. The number of thiophene rings is 1. The summed E-state index contributed by atoms with van der Waals surface area (Å²) in [4.78, 5) is 18.0. The van der Waals surface area contributed by atoms with Crippen LogP contribution in [0.3, 0.4) is 0 Å². The standard InChI is InChI=1S/C20H20ClN3O4S3/c1-28-15-6-5-13(11-17(15)31(26,27)24-9-3-2-4-10-24)22-19(25)14-12-29-20(23-14)16-7-8-18(21)30-16/h5-8,11-12H,2-4,9-10H2,1H3,(H,22,25). The van der Waals surface area contributed by atoms with E-state index in [0.717, 1.165) is 24.1 Å². The van der Waals surface area contributed by atoms with Crippen LogP contribution in [0.2, 0.25) is 4.34 Å². The lowest BCUT2D eigenvalue weighted by Crippen LogP contribution is -2.35. The van der Waals surface area contributed by atoms with E-state index >= 15 is 0 Å². The Morgan fingerprint density at radius 2 is 1.97 bits per heavy atom. The first kappa shape index (κ1) is 22.2. The molecule has 1 fully saturated rings. The largest absolute Gasteiger partial charge is 0.495 e. The number of nitrogens with one attached hydrogen (secondary N) is 1. The predicted molar refractivity (Wildman–Crippen MR) is 124 cm³/mol. The van der Waals surface area contributed by atoms with Crippen molar-refractivity contribution >= 4 is 55.9 Å². The molecule has 0 unspecified atom stereocenters. The lowest BCUT2D eigenvalue weighted by atomic mass is 10.2. The van der Waals surface area contributed by atoms with Gasteiger partial charge in [0.05, 0.1) is 16.3 Å². The number of carbonyl (C=O) groups is 1. The highest BCUT2D eigenvalue weighted by Crippen LogP contribution is 2.34. The molecule has 2 aromatic heterocycles. The predicted octanol–water partition coefficient (Wildman–Crippen LogP) is 4.96. The number of nitrogens with zero attached hydrogens (tertiary/aromatic N) is 2. The number of sulfonamides is 1. The van der Waals surface area contributed by atoms with Crippen LogP contribution >= 0.6 is 34.3 Å². The molecule has 0 atom stereocenters. The number of thiazole rings is 1. The number of piperidine rings is 1. The number of hydrogen-bond acceptors (Lipinski definition) is 7. The highest BCUT2D eigenvalue weighted by molar-refractivity contribution is 7.89. The van der Waals surface area contributed by atoms with E-state index in [9.17, 15) is 13.2 Å². The highest BCUT2D eigenvalue weighted by Gasteiger charge is 2.29. The third-order valence-corrected chi connectivity index (χ3v) is 9.04. The van der Waals surface area contributed by atoms with E-state index in [1.54, 1.807) is 23.6 Å². The van der Waals surface area contributed by atoms with Crippen LogP contribution in [0, 0.1) is 0 Å². The van der Waals surface area contributed by atoms with Crippen molar-refractivity contribution in [1.29, 1.82) is 0 Å². The van der Waals surface area contributed by atoms with Crippen LogP contribution < -0.4 is 10.1 Å². The van der Waals surface area contributed by atoms with Crippen molar-refractivity contribution in [3.8, 4) is 15.6 Å². The number of benzene rings is 1. The van der Waals surface area contributed by atoms with Crippen LogP contribution in [-0.2, 0) is 10.0 Å². The number of carbonyl (C=O) groups excluding carboxylic acids is 1. The van der Waals surface area contributed by atoms with Crippen molar-refractivity contribution in [3.63, 3.8) is 0 Å². The van der Waals surface area contributed by atoms with E-state index in [-0.39, 0.29) is 16.3 Å². The molecule has 3 aromatic rings. The lowest BCUT2D eigenvalue weighted by Gasteiger charge is -2.26. The van der Waals surface area contributed by atoms with Gasteiger partial charge >= 0.3 is 0 Å². The van der Waals surface area contributed by atoms with Gasteiger partial charge in [-0.1, -0.05) is 18.0 Å². The van der Waals surface area contributed by atoms with Gasteiger partial charge in [-0.15, -0.1) is 22.7 Å². The van der Waals surface area contributed by atoms with E-state index in [2.05, 4.69) is 10.3 Å². The summed E-state index contributed by atoms with van der Waals surface area (Å²) in [6.45, 7) is 0.965. The summed E-state index contributed by atoms with van der Waals surface area (Å²) in [5.74, 6) is -0.175. The molecule has 31 heavy (non-hydrogen) atoms. The van der Waals surface area contributed by atoms with Crippen molar-refractivity contribution in [2.24, 2.45) is 0 Å². The third-order valence-electron chi connectivity index (χ3n) is 4.88. The van der Waals surface area contributed by atoms with Gasteiger partial charge in [0.2, 0.25) is 10.0 Å². The summed E-state index contributed by atoms with van der Waals surface area (Å²) in [5, 5.41) is 5.10. The van der Waals surface area contributed by atoms with Crippen LogP contribution in [0.1, 0.15) is 29.8 Å². The molecule has 0 aliphatic carbocycles. The van der Waals surface area contributed by atoms with Gasteiger partial charge in [0, 0.05) is 24.2 Å². The molecule has 1 saturated heterocycles. The van der Waals surface area contributed by atoms with Gasteiger partial charge in [-0.25, -0.2) is 13.4 Å². The van der Waals surface area contributed by atoms with Crippen molar-refractivity contribution in [2.75, 3.05) is 25.5 Å². The summed E-state index contributed by atoms with van der Waals surface area (Å²) < 4.78 is 33.7. The minimum atomic E-state index is -3.72. The van der Waals surface area contributed by atoms with Gasteiger partial charge in [-0.2, -0.15) is 4.31 Å². The molecular formula is C20H20ClN3O4S3. The highest BCUT2D eigenvalue weighted by atomic mass is 35.5. The number of halogens is 1. The zero-order valence-corrected chi connectivity index (χ0v) is 19.8. The number of hydrogen-bond donors (Lipinski definition) is 1. The zero-order valence-electron chi connectivity index (χ0n) is 16.6. The summed E-state index contributed by atoms with van der Waals surface area (Å²) in [7, 11) is -2.30. The van der Waals surface area contributed by atoms with E-state index < -0.39 is 15.9 Å². The molecule has 1 aromatic carbocycles. The molecule has 3 heterocycles. The fourth-order valence-electron chi connectivity index (χ4n) is 3.32. The first-order valence-corrected chi connectivity index (χ1v) is 13.1. The number of aromatic nitrogens is 1. The van der Waals surface area contributed by atoms with Gasteiger partial charge in [-0.3, -0.25) is 4.79 Å². The number of ether oxygens (including phenoxy) is 1. The number of rotatable bonds is 6. The Morgan fingerprint density at radius 1 is 1.19 bits per heavy atom. The maximum absolute atomic E-state index is 13.2. The number of methoxy groups -OCH3 is 1. The minimum Gasteiger partial charge on any atom is -0.495 e. The zero-order chi connectivity index (χ0) is 22.0. The number of amides is 1. The first-order chi connectivity index (χ1) is 14.9. The molecule has 0 spiro atoms. The average molecular weight is 498 g/mol. The molecule has 4 rings (SSSR count). The van der Waals surface area contributed by atoms with Gasteiger partial charge in [-0.05, 0) is 43.2 Å². The smallest absolute Gasteiger partial charge is 0.275 e. The fraction of sp³-hybridized carbons (Fsp3) is 0.300. The normalized spacial score (nSPS) is 15.0. The Balaban J connectivity index is 1.57. The second-order valence-corrected chi connectivity index (χ2v) is 11.4. The fourth-order valence-corrected chi connectivity index (χ4v) is 6.93. The van der Waals surface area contributed by atoms with Crippen molar-refractivity contribution in [3.05, 3.63) is 45.7 Å². The summed E-state index contributed by atoms with van der Waals surface area (Å²) in [6, 6.07) is 8.23. The number of anilines is 1. The maximum Gasteiger partial charge on any atom is 0.275 e. The summed E-state index contributed by atoms with van der Waals surface area (Å²) in [6.07, 6.45) is 2.69. The molecule has 0 radical (unpaired) electrons. The molecule has 1 N–H and O–H groups in total. The molecule has 164 valence electrons.